The maximum atomic E-state index is 12.3. The quantitative estimate of drug-likeness (QED) is 0.751. The van der Waals surface area contributed by atoms with E-state index in [1.807, 2.05) is 51.1 Å². The van der Waals surface area contributed by atoms with E-state index >= 15 is 0 Å². The fourth-order valence-electron chi connectivity index (χ4n) is 2.83. The Labute approximate surface area is 146 Å². The molecule has 1 amide bonds. The van der Waals surface area contributed by atoms with Gasteiger partial charge in [-0.1, -0.05) is 36.9 Å². The zero-order chi connectivity index (χ0) is 18.2. The maximum Gasteiger partial charge on any atom is 0.410 e. The smallest absolute Gasteiger partial charge is 0.410 e. The first kappa shape index (κ1) is 18.7. The summed E-state index contributed by atoms with van der Waals surface area (Å²) in [6.07, 6.45) is -0.293. The van der Waals surface area contributed by atoms with Crippen LogP contribution in [-0.4, -0.2) is 43.6 Å². The van der Waals surface area contributed by atoms with Gasteiger partial charge in [-0.2, -0.15) is 0 Å². The lowest BCUT2D eigenvalue weighted by atomic mass is 9.83. The number of amides is 1. The molecule has 0 aliphatic carbocycles. The van der Waals surface area contributed by atoms with Crippen LogP contribution in [0.25, 0.3) is 5.57 Å². The van der Waals surface area contributed by atoms with Gasteiger partial charge in [0.25, 0.3) is 0 Å². The molecule has 5 heteroatoms. The van der Waals surface area contributed by atoms with Crippen molar-refractivity contribution in [3.05, 3.63) is 42.5 Å². The Morgan fingerprint density at radius 3 is 2.17 bits per heavy atom. The van der Waals surface area contributed by atoms with Crippen LogP contribution in [0, 0.1) is 0 Å². The van der Waals surface area contributed by atoms with Crippen molar-refractivity contribution in [2.75, 3.05) is 13.1 Å². The van der Waals surface area contributed by atoms with Crippen LogP contribution in [0.1, 0.15) is 26.3 Å². The summed E-state index contributed by atoms with van der Waals surface area (Å²) in [6.45, 7) is 17.4. The summed E-state index contributed by atoms with van der Waals surface area (Å²) in [5.74, 6) is 0. The molecular formula is C19H29NO3Si. The highest BCUT2D eigenvalue weighted by Gasteiger charge is 2.51. The molecule has 1 aromatic carbocycles. The van der Waals surface area contributed by atoms with Crippen LogP contribution in [0.4, 0.5) is 4.79 Å². The lowest BCUT2D eigenvalue weighted by Gasteiger charge is -2.53. The molecule has 0 spiro atoms. The average Bonchev–Trinajstić information content (AvgIpc) is 2.39. The van der Waals surface area contributed by atoms with E-state index in [0.717, 1.165) is 11.1 Å². The second kappa shape index (κ2) is 6.37. The molecule has 1 heterocycles. The van der Waals surface area contributed by atoms with E-state index in [0.29, 0.717) is 13.1 Å². The molecule has 24 heavy (non-hydrogen) atoms. The molecule has 2 rings (SSSR count). The van der Waals surface area contributed by atoms with Gasteiger partial charge in [0, 0.05) is 0 Å². The van der Waals surface area contributed by atoms with Crippen LogP contribution in [0.5, 0.6) is 0 Å². The summed E-state index contributed by atoms with van der Waals surface area (Å²) in [6, 6.07) is 10.0. The number of carbonyl (C=O) groups excluding carboxylic acids is 1. The molecule has 0 radical (unpaired) electrons. The molecule has 0 N–H and O–H groups in total. The number of ether oxygens (including phenoxy) is 1. The molecule has 132 valence electrons. The van der Waals surface area contributed by atoms with Crippen LogP contribution in [0.15, 0.2) is 36.9 Å². The predicted molar refractivity (Wildman–Crippen MR) is 100 cm³/mol. The van der Waals surface area contributed by atoms with E-state index in [4.69, 9.17) is 9.16 Å². The van der Waals surface area contributed by atoms with Crippen LogP contribution >= 0.6 is 0 Å². The van der Waals surface area contributed by atoms with Crippen molar-refractivity contribution in [2.45, 2.75) is 51.6 Å². The summed E-state index contributed by atoms with van der Waals surface area (Å²) in [4.78, 5) is 14.0. The van der Waals surface area contributed by atoms with Gasteiger partial charge in [0.15, 0.2) is 8.32 Å². The normalized spacial score (nSPS) is 17.2. The minimum absolute atomic E-state index is 0.293. The third kappa shape index (κ3) is 4.48. The fourth-order valence-corrected chi connectivity index (χ4v) is 4.26. The number of rotatable bonds is 4. The van der Waals surface area contributed by atoms with Crippen LogP contribution in [0.3, 0.4) is 0 Å². The monoisotopic (exact) mass is 347 g/mol. The highest BCUT2D eigenvalue weighted by molar-refractivity contribution is 6.70. The number of carbonyl (C=O) groups is 1. The molecule has 1 aliphatic rings. The molecule has 0 bridgehead atoms. The van der Waals surface area contributed by atoms with Crippen molar-refractivity contribution < 1.29 is 14.0 Å². The van der Waals surface area contributed by atoms with E-state index in [9.17, 15) is 4.79 Å². The third-order valence-electron chi connectivity index (χ3n) is 3.72. The van der Waals surface area contributed by atoms with Gasteiger partial charge in [-0.3, -0.25) is 0 Å². The van der Waals surface area contributed by atoms with Crippen molar-refractivity contribution in [2.24, 2.45) is 0 Å². The van der Waals surface area contributed by atoms with E-state index in [2.05, 4.69) is 26.2 Å². The topological polar surface area (TPSA) is 38.8 Å². The van der Waals surface area contributed by atoms with Crippen molar-refractivity contribution in [3.8, 4) is 0 Å². The van der Waals surface area contributed by atoms with Gasteiger partial charge in [0.2, 0.25) is 0 Å². The van der Waals surface area contributed by atoms with Gasteiger partial charge in [-0.15, -0.1) is 0 Å². The second-order valence-electron chi connectivity index (χ2n) is 8.39. The van der Waals surface area contributed by atoms with Crippen LogP contribution < -0.4 is 0 Å². The SMILES string of the molecule is C=C(c1ccccc1)C1(O[Si](C)(C)C)CN(C(=O)OC(C)(C)C)C1. The highest BCUT2D eigenvalue weighted by atomic mass is 28.4. The average molecular weight is 348 g/mol. The predicted octanol–water partition coefficient (Wildman–Crippen LogP) is 4.54. The van der Waals surface area contributed by atoms with Gasteiger partial charge < -0.3 is 14.1 Å². The van der Waals surface area contributed by atoms with Crippen molar-refractivity contribution >= 4 is 20.0 Å². The first-order chi connectivity index (χ1) is 10.9. The molecule has 0 aromatic heterocycles. The zero-order valence-electron chi connectivity index (χ0n) is 15.7. The summed E-state index contributed by atoms with van der Waals surface area (Å²) < 4.78 is 11.9. The lowest BCUT2D eigenvalue weighted by Crippen LogP contribution is -2.67. The Kier molecular flexibility index (Phi) is 4.98. The lowest BCUT2D eigenvalue weighted by molar-refractivity contribution is -0.0539. The second-order valence-corrected chi connectivity index (χ2v) is 12.8. The molecular weight excluding hydrogens is 318 g/mol. The minimum atomic E-state index is -1.81. The summed E-state index contributed by atoms with van der Waals surface area (Å²) in [7, 11) is -1.81. The van der Waals surface area contributed by atoms with Gasteiger partial charge >= 0.3 is 6.09 Å². The van der Waals surface area contributed by atoms with Crippen molar-refractivity contribution in [3.63, 3.8) is 0 Å². The van der Waals surface area contributed by atoms with Gasteiger partial charge in [-0.05, 0) is 51.5 Å². The molecule has 0 saturated carbocycles. The molecule has 0 unspecified atom stereocenters. The molecule has 4 nitrogen and oxygen atoms in total. The largest absolute Gasteiger partial charge is 0.444 e. The highest BCUT2D eigenvalue weighted by Crippen LogP contribution is 2.40. The first-order valence-electron chi connectivity index (χ1n) is 8.35. The Balaban J connectivity index is 2.17. The van der Waals surface area contributed by atoms with Crippen LogP contribution in [-0.2, 0) is 9.16 Å². The number of hydrogen-bond donors (Lipinski definition) is 0. The molecule has 0 atom stereocenters. The number of benzene rings is 1. The zero-order valence-corrected chi connectivity index (χ0v) is 16.7. The number of nitrogens with zero attached hydrogens (tertiary/aromatic N) is 1. The molecule has 1 saturated heterocycles. The van der Waals surface area contributed by atoms with E-state index < -0.39 is 19.5 Å². The standard InChI is InChI=1S/C19H29NO3Si/c1-15(16-11-9-8-10-12-16)19(23-24(5,6)7)13-20(14-19)17(21)22-18(2,3)4/h8-12H,1,13-14H2,2-7H3. The Morgan fingerprint density at radius 1 is 1.17 bits per heavy atom. The fraction of sp³-hybridized carbons (Fsp3) is 0.526. The number of likely N-dealkylation sites (tertiary alicyclic amines) is 1. The van der Waals surface area contributed by atoms with E-state index in [1.54, 1.807) is 4.90 Å². The third-order valence-corrected chi connectivity index (χ3v) is 4.72. The van der Waals surface area contributed by atoms with E-state index in [1.165, 1.54) is 0 Å². The van der Waals surface area contributed by atoms with Crippen LogP contribution in [0.2, 0.25) is 19.6 Å². The van der Waals surface area contributed by atoms with Gasteiger partial charge in [0.05, 0.1) is 13.1 Å². The first-order valence-corrected chi connectivity index (χ1v) is 11.8. The summed E-state index contributed by atoms with van der Waals surface area (Å²) in [5, 5.41) is 0. The Hall–Kier alpha value is -1.59. The van der Waals surface area contributed by atoms with Gasteiger partial charge in [-0.25, -0.2) is 4.79 Å². The molecule has 1 fully saturated rings. The maximum absolute atomic E-state index is 12.3. The van der Waals surface area contributed by atoms with Crippen molar-refractivity contribution in [1.29, 1.82) is 0 Å². The number of hydrogen-bond acceptors (Lipinski definition) is 3. The Bertz CT molecular complexity index is 608. The summed E-state index contributed by atoms with van der Waals surface area (Å²) >= 11 is 0. The minimum Gasteiger partial charge on any atom is -0.444 e. The van der Waals surface area contributed by atoms with Crippen molar-refractivity contribution in [1.82, 2.24) is 4.90 Å². The van der Waals surface area contributed by atoms with E-state index in [-0.39, 0.29) is 6.09 Å². The Morgan fingerprint density at radius 2 is 1.71 bits per heavy atom. The summed E-state index contributed by atoms with van der Waals surface area (Å²) in [5.41, 5.74) is 0.985. The molecule has 1 aliphatic heterocycles. The molecule has 1 aromatic rings. The van der Waals surface area contributed by atoms with Gasteiger partial charge in [0.1, 0.15) is 11.2 Å².